The molecule has 4 nitrogen and oxygen atoms in total. The molecule has 94 valence electrons. The van der Waals surface area contributed by atoms with Gasteiger partial charge in [-0.1, -0.05) is 12.1 Å². The van der Waals surface area contributed by atoms with Gasteiger partial charge in [-0.15, -0.1) is 0 Å². The summed E-state index contributed by atoms with van der Waals surface area (Å²) in [5, 5.41) is 0. The highest BCUT2D eigenvalue weighted by Gasteiger charge is 2.22. The quantitative estimate of drug-likeness (QED) is 0.785. The number of methoxy groups -OCH3 is 1. The second kappa shape index (κ2) is 6.14. The molecule has 1 fully saturated rings. The molecule has 0 bridgehead atoms. The van der Waals surface area contributed by atoms with Gasteiger partial charge in [0.2, 0.25) is 0 Å². The molecule has 0 unspecified atom stereocenters. The van der Waals surface area contributed by atoms with Gasteiger partial charge in [0.1, 0.15) is 6.10 Å². The Bertz CT molecular complexity index is 369. The summed E-state index contributed by atoms with van der Waals surface area (Å²) in [5.74, 6) is 3.70. The summed E-state index contributed by atoms with van der Waals surface area (Å²) in [6.45, 7) is 0.600. The molecule has 0 atom stereocenters. The van der Waals surface area contributed by atoms with Crippen molar-refractivity contribution < 1.29 is 14.3 Å². The molecule has 5 heteroatoms. The van der Waals surface area contributed by atoms with Gasteiger partial charge in [-0.2, -0.15) is 17.2 Å². The smallest absolute Gasteiger partial charge is 0.166 e. The first kappa shape index (κ1) is 12.5. The molecule has 0 aliphatic carbocycles. The maximum Gasteiger partial charge on any atom is 0.166 e. The number of rotatable bonds is 6. The van der Waals surface area contributed by atoms with Crippen LogP contribution in [0.5, 0.6) is 11.5 Å². The highest BCUT2D eigenvalue weighted by molar-refractivity contribution is 8.00. The lowest BCUT2D eigenvalue weighted by Crippen LogP contribution is -2.31. The third kappa shape index (κ3) is 3.06. The van der Waals surface area contributed by atoms with E-state index in [2.05, 4.69) is 5.48 Å². The Morgan fingerprint density at radius 2 is 2.18 bits per heavy atom. The molecule has 1 aromatic carbocycles. The number of ether oxygens (including phenoxy) is 2. The van der Waals surface area contributed by atoms with Crippen LogP contribution in [0.4, 0.5) is 0 Å². The van der Waals surface area contributed by atoms with E-state index < -0.39 is 0 Å². The van der Waals surface area contributed by atoms with Gasteiger partial charge in [-0.25, -0.2) is 0 Å². The lowest BCUT2D eigenvalue weighted by atomic mass is 10.2. The third-order valence-electron chi connectivity index (χ3n) is 2.58. The van der Waals surface area contributed by atoms with Crippen molar-refractivity contribution in [3.63, 3.8) is 0 Å². The molecule has 0 spiro atoms. The van der Waals surface area contributed by atoms with Gasteiger partial charge in [0, 0.05) is 23.6 Å². The van der Waals surface area contributed by atoms with Crippen molar-refractivity contribution in [1.29, 1.82) is 0 Å². The van der Waals surface area contributed by atoms with Gasteiger partial charge in [-0.05, 0) is 6.07 Å². The van der Waals surface area contributed by atoms with Gasteiger partial charge in [-0.3, -0.25) is 0 Å². The van der Waals surface area contributed by atoms with Crippen LogP contribution in [-0.4, -0.2) is 31.8 Å². The Balaban J connectivity index is 2.16. The van der Waals surface area contributed by atoms with Crippen molar-refractivity contribution >= 4 is 11.8 Å². The standard InChI is InChI=1S/C12H17NO3S/c1-14-11-5-3-4-9(6-13-15-2)12(11)16-10-7-17-8-10/h3-5,10,13H,6-8H2,1-2H3. The minimum Gasteiger partial charge on any atom is -0.493 e. The van der Waals surface area contributed by atoms with Crippen LogP contribution in [0.25, 0.3) is 0 Å². The first-order valence-electron chi connectivity index (χ1n) is 5.51. The molecule has 1 heterocycles. The topological polar surface area (TPSA) is 39.7 Å². The Labute approximate surface area is 106 Å². The van der Waals surface area contributed by atoms with E-state index in [4.69, 9.17) is 14.3 Å². The Morgan fingerprint density at radius 1 is 1.35 bits per heavy atom. The number of para-hydroxylation sites is 1. The minimum atomic E-state index is 0.303. The number of hydrogen-bond donors (Lipinski definition) is 1. The van der Waals surface area contributed by atoms with Crippen molar-refractivity contribution in [3.05, 3.63) is 23.8 Å². The van der Waals surface area contributed by atoms with Gasteiger partial charge >= 0.3 is 0 Å². The molecule has 17 heavy (non-hydrogen) atoms. The average molecular weight is 255 g/mol. The third-order valence-corrected chi connectivity index (χ3v) is 3.79. The summed E-state index contributed by atoms with van der Waals surface area (Å²) in [4.78, 5) is 4.87. The SMILES string of the molecule is CONCc1cccc(OC)c1OC1CSC1. The monoisotopic (exact) mass is 255 g/mol. The van der Waals surface area contributed by atoms with E-state index in [1.165, 1.54) is 0 Å². The molecule has 1 N–H and O–H groups in total. The highest BCUT2D eigenvalue weighted by Crippen LogP contribution is 2.34. The molecule has 0 radical (unpaired) electrons. The molecule has 1 aliphatic rings. The van der Waals surface area contributed by atoms with Crippen LogP contribution in [0.15, 0.2) is 18.2 Å². The van der Waals surface area contributed by atoms with Crippen LogP contribution in [0.3, 0.4) is 0 Å². The second-order valence-corrected chi connectivity index (χ2v) is 4.83. The van der Waals surface area contributed by atoms with Crippen molar-refractivity contribution in [2.75, 3.05) is 25.7 Å². The fraction of sp³-hybridized carbons (Fsp3) is 0.500. The highest BCUT2D eigenvalue weighted by atomic mass is 32.2. The number of hydrogen-bond acceptors (Lipinski definition) is 5. The van der Waals surface area contributed by atoms with Crippen molar-refractivity contribution in [3.8, 4) is 11.5 Å². The van der Waals surface area contributed by atoms with Crippen LogP contribution >= 0.6 is 11.8 Å². The van der Waals surface area contributed by atoms with Crippen LogP contribution in [0.2, 0.25) is 0 Å². The normalized spacial score (nSPS) is 15.4. The average Bonchev–Trinajstić information content (AvgIpc) is 2.31. The molecule has 0 saturated carbocycles. The van der Waals surface area contributed by atoms with Gasteiger partial charge < -0.3 is 14.3 Å². The zero-order valence-electron chi connectivity index (χ0n) is 10.1. The molecule has 0 aromatic heterocycles. The lowest BCUT2D eigenvalue weighted by molar-refractivity contribution is 0.0854. The van der Waals surface area contributed by atoms with Crippen LogP contribution < -0.4 is 15.0 Å². The van der Waals surface area contributed by atoms with E-state index in [0.29, 0.717) is 12.6 Å². The van der Waals surface area contributed by atoms with E-state index in [0.717, 1.165) is 28.6 Å². The summed E-state index contributed by atoms with van der Waals surface area (Å²) >= 11 is 1.90. The van der Waals surface area contributed by atoms with Crippen molar-refractivity contribution in [1.82, 2.24) is 5.48 Å². The number of hydroxylamine groups is 1. The van der Waals surface area contributed by atoms with Gasteiger partial charge in [0.25, 0.3) is 0 Å². The molecular weight excluding hydrogens is 238 g/mol. The Kier molecular flexibility index (Phi) is 4.53. The van der Waals surface area contributed by atoms with E-state index in [1.807, 2.05) is 30.0 Å². The van der Waals surface area contributed by atoms with E-state index in [1.54, 1.807) is 14.2 Å². The molecular formula is C12H17NO3S. The zero-order chi connectivity index (χ0) is 12.1. The zero-order valence-corrected chi connectivity index (χ0v) is 10.9. The Morgan fingerprint density at radius 3 is 2.76 bits per heavy atom. The number of thioether (sulfide) groups is 1. The fourth-order valence-electron chi connectivity index (χ4n) is 1.59. The number of nitrogens with one attached hydrogen (secondary N) is 1. The van der Waals surface area contributed by atoms with Crippen LogP contribution in [0.1, 0.15) is 5.56 Å². The Hall–Kier alpha value is -0.910. The maximum absolute atomic E-state index is 5.96. The van der Waals surface area contributed by atoms with Crippen LogP contribution in [0, 0.1) is 0 Å². The van der Waals surface area contributed by atoms with E-state index in [-0.39, 0.29) is 0 Å². The number of benzene rings is 1. The van der Waals surface area contributed by atoms with E-state index >= 15 is 0 Å². The van der Waals surface area contributed by atoms with Crippen molar-refractivity contribution in [2.45, 2.75) is 12.6 Å². The van der Waals surface area contributed by atoms with E-state index in [9.17, 15) is 0 Å². The summed E-state index contributed by atoms with van der Waals surface area (Å²) in [6.07, 6.45) is 0.303. The maximum atomic E-state index is 5.96. The minimum absolute atomic E-state index is 0.303. The van der Waals surface area contributed by atoms with Crippen LogP contribution in [-0.2, 0) is 11.4 Å². The summed E-state index contributed by atoms with van der Waals surface area (Å²) in [5.41, 5.74) is 3.87. The van der Waals surface area contributed by atoms with Gasteiger partial charge in [0.05, 0.1) is 14.2 Å². The molecule has 1 aromatic rings. The van der Waals surface area contributed by atoms with Gasteiger partial charge in [0.15, 0.2) is 11.5 Å². The first-order valence-corrected chi connectivity index (χ1v) is 6.66. The molecule has 0 amide bonds. The first-order chi connectivity index (χ1) is 8.35. The lowest BCUT2D eigenvalue weighted by Gasteiger charge is -2.27. The summed E-state index contributed by atoms with van der Waals surface area (Å²) in [6, 6.07) is 5.88. The molecule has 1 aliphatic heterocycles. The van der Waals surface area contributed by atoms with Crippen molar-refractivity contribution in [2.24, 2.45) is 0 Å². The summed E-state index contributed by atoms with van der Waals surface area (Å²) in [7, 11) is 3.26. The summed E-state index contributed by atoms with van der Waals surface area (Å²) < 4.78 is 11.3. The predicted octanol–water partition coefficient (Wildman–Crippen LogP) is 1.84. The fourth-order valence-corrected chi connectivity index (χ4v) is 2.16. The molecule has 1 saturated heterocycles. The second-order valence-electron chi connectivity index (χ2n) is 3.75. The largest absolute Gasteiger partial charge is 0.493 e. The predicted molar refractivity (Wildman–Crippen MR) is 68.6 cm³/mol. The molecule has 2 rings (SSSR count).